The van der Waals surface area contributed by atoms with E-state index in [0.717, 1.165) is 37.8 Å². The zero-order valence-electron chi connectivity index (χ0n) is 14.8. The van der Waals surface area contributed by atoms with Crippen molar-refractivity contribution in [2.75, 3.05) is 11.9 Å². The summed E-state index contributed by atoms with van der Waals surface area (Å²) in [5.41, 5.74) is 3.45. The molecule has 4 rings (SSSR count). The Morgan fingerprint density at radius 3 is 2.77 bits per heavy atom. The molecule has 1 atom stereocenters. The fourth-order valence-corrected chi connectivity index (χ4v) is 4.11. The van der Waals surface area contributed by atoms with Crippen molar-refractivity contribution in [3.8, 4) is 0 Å². The minimum absolute atomic E-state index is 0.0691. The highest BCUT2D eigenvalue weighted by molar-refractivity contribution is 7.08. The fourth-order valence-electron chi connectivity index (χ4n) is 3.40. The van der Waals surface area contributed by atoms with Crippen LogP contribution in [0.2, 0.25) is 0 Å². The zero-order chi connectivity index (χ0) is 18.1. The molecule has 2 aliphatic rings. The molecule has 0 radical (unpaired) electrons. The number of carbonyl (C=O) groups is 2. The first-order valence-electron chi connectivity index (χ1n) is 9.13. The number of nitrogens with one attached hydrogen (secondary N) is 2. The summed E-state index contributed by atoms with van der Waals surface area (Å²) in [6, 6.07) is 7.93. The summed E-state index contributed by atoms with van der Waals surface area (Å²) in [5.74, 6) is -0.0691. The molecule has 26 heavy (non-hydrogen) atoms. The van der Waals surface area contributed by atoms with Crippen LogP contribution in [-0.4, -0.2) is 29.4 Å². The van der Waals surface area contributed by atoms with Crippen molar-refractivity contribution in [3.63, 3.8) is 0 Å². The summed E-state index contributed by atoms with van der Waals surface area (Å²) < 4.78 is 0. The van der Waals surface area contributed by atoms with E-state index in [9.17, 15) is 9.59 Å². The van der Waals surface area contributed by atoms with Gasteiger partial charge in [-0.25, -0.2) is 4.79 Å². The molecule has 1 aliphatic carbocycles. The molecule has 6 heteroatoms. The van der Waals surface area contributed by atoms with E-state index in [4.69, 9.17) is 0 Å². The molecular formula is C20H23N3O2S. The summed E-state index contributed by atoms with van der Waals surface area (Å²) >= 11 is 1.66. The molecule has 0 spiro atoms. The van der Waals surface area contributed by atoms with E-state index in [2.05, 4.69) is 27.5 Å². The summed E-state index contributed by atoms with van der Waals surface area (Å²) in [6.45, 7) is 2.70. The molecule has 1 saturated heterocycles. The summed E-state index contributed by atoms with van der Waals surface area (Å²) in [7, 11) is 0. The van der Waals surface area contributed by atoms with Gasteiger partial charge in [0.2, 0.25) is 0 Å². The molecule has 1 unspecified atom stereocenters. The number of urea groups is 1. The van der Waals surface area contributed by atoms with Crippen LogP contribution in [0.15, 0.2) is 35.0 Å². The second-order valence-corrected chi connectivity index (χ2v) is 7.90. The van der Waals surface area contributed by atoms with Crippen LogP contribution in [0.4, 0.5) is 10.5 Å². The summed E-state index contributed by atoms with van der Waals surface area (Å²) in [5, 5.41) is 10.2. The Balaban J connectivity index is 1.49. The topological polar surface area (TPSA) is 61.4 Å². The van der Waals surface area contributed by atoms with Crippen LogP contribution in [-0.2, 0) is 0 Å². The van der Waals surface area contributed by atoms with Crippen LogP contribution in [0.3, 0.4) is 0 Å². The van der Waals surface area contributed by atoms with E-state index in [1.165, 1.54) is 5.56 Å². The number of hydrogen-bond donors (Lipinski definition) is 2. The maximum absolute atomic E-state index is 12.9. The minimum atomic E-state index is -0.0958. The highest BCUT2D eigenvalue weighted by Crippen LogP contribution is 2.33. The van der Waals surface area contributed by atoms with E-state index < -0.39 is 0 Å². The molecule has 2 heterocycles. The Hall–Kier alpha value is -2.34. The van der Waals surface area contributed by atoms with Gasteiger partial charge in [0.05, 0.1) is 6.04 Å². The van der Waals surface area contributed by atoms with Gasteiger partial charge in [-0.1, -0.05) is 6.07 Å². The van der Waals surface area contributed by atoms with Gasteiger partial charge >= 0.3 is 6.03 Å². The van der Waals surface area contributed by atoms with E-state index in [1.807, 2.05) is 24.0 Å². The number of anilines is 1. The van der Waals surface area contributed by atoms with Gasteiger partial charge in [0.1, 0.15) is 0 Å². The van der Waals surface area contributed by atoms with Gasteiger partial charge in [-0.3, -0.25) is 4.79 Å². The van der Waals surface area contributed by atoms with Crippen molar-refractivity contribution in [2.24, 2.45) is 0 Å². The zero-order valence-corrected chi connectivity index (χ0v) is 15.6. The van der Waals surface area contributed by atoms with Crippen LogP contribution in [0, 0.1) is 6.92 Å². The van der Waals surface area contributed by atoms with E-state index in [-0.39, 0.29) is 18.0 Å². The lowest BCUT2D eigenvalue weighted by atomic mass is 10.1. The number of hydrogen-bond acceptors (Lipinski definition) is 3. The smallest absolute Gasteiger partial charge is 0.322 e. The number of nitrogens with zero attached hydrogens (tertiary/aromatic N) is 1. The van der Waals surface area contributed by atoms with E-state index in [1.54, 1.807) is 17.4 Å². The number of aryl methyl sites for hydroxylation is 1. The standard InChI is InChI=1S/C20H23N3O2S/c1-13-4-5-14(19(24)21-16-6-7-16)11-17(13)22-20(25)23-9-2-3-18(23)15-8-10-26-12-15/h4-5,8,10-12,16,18H,2-3,6-7,9H2,1H3,(H,21,24)(H,22,25). The number of rotatable bonds is 4. The average Bonchev–Trinajstić information content (AvgIpc) is 3.11. The predicted octanol–water partition coefficient (Wildman–Crippen LogP) is 4.32. The predicted molar refractivity (Wildman–Crippen MR) is 104 cm³/mol. The van der Waals surface area contributed by atoms with Gasteiger partial charge in [0, 0.05) is 23.8 Å². The monoisotopic (exact) mass is 369 g/mol. The van der Waals surface area contributed by atoms with Gasteiger partial charge in [-0.15, -0.1) is 0 Å². The maximum Gasteiger partial charge on any atom is 0.322 e. The molecule has 1 aromatic carbocycles. The molecule has 3 amide bonds. The third-order valence-electron chi connectivity index (χ3n) is 5.10. The average molecular weight is 369 g/mol. The maximum atomic E-state index is 12.9. The second kappa shape index (κ2) is 7.11. The van der Waals surface area contributed by atoms with Crippen LogP contribution < -0.4 is 10.6 Å². The molecule has 2 N–H and O–H groups in total. The van der Waals surface area contributed by atoms with Crippen LogP contribution in [0.5, 0.6) is 0 Å². The third kappa shape index (κ3) is 3.60. The van der Waals surface area contributed by atoms with Crippen LogP contribution in [0.25, 0.3) is 0 Å². The van der Waals surface area contributed by atoms with Gasteiger partial charge in [-0.2, -0.15) is 11.3 Å². The van der Waals surface area contributed by atoms with Gasteiger partial charge in [-0.05, 0) is 72.7 Å². The van der Waals surface area contributed by atoms with Crippen LogP contribution >= 0.6 is 11.3 Å². The minimum Gasteiger partial charge on any atom is -0.349 e. The molecule has 1 aromatic heterocycles. The van der Waals surface area contributed by atoms with Gasteiger partial charge < -0.3 is 15.5 Å². The van der Waals surface area contributed by atoms with E-state index >= 15 is 0 Å². The third-order valence-corrected chi connectivity index (χ3v) is 5.80. The highest BCUT2D eigenvalue weighted by Gasteiger charge is 2.30. The summed E-state index contributed by atoms with van der Waals surface area (Å²) in [4.78, 5) is 27.0. The molecule has 2 fully saturated rings. The Morgan fingerprint density at radius 1 is 1.19 bits per heavy atom. The van der Waals surface area contributed by atoms with Crippen molar-refractivity contribution in [1.82, 2.24) is 10.2 Å². The highest BCUT2D eigenvalue weighted by atomic mass is 32.1. The Bertz CT molecular complexity index is 814. The molecule has 5 nitrogen and oxygen atoms in total. The van der Waals surface area contributed by atoms with Gasteiger partial charge in [0.25, 0.3) is 5.91 Å². The lowest BCUT2D eigenvalue weighted by Crippen LogP contribution is -2.34. The van der Waals surface area contributed by atoms with Crippen molar-refractivity contribution in [3.05, 3.63) is 51.7 Å². The molecule has 0 bridgehead atoms. The normalized spacial score (nSPS) is 19.4. The molecule has 1 saturated carbocycles. The number of carbonyl (C=O) groups excluding carboxylic acids is 2. The Kier molecular flexibility index (Phi) is 4.68. The molecule has 1 aliphatic heterocycles. The second-order valence-electron chi connectivity index (χ2n) is 7.12. The molecular weight excluding hydrogens is 346 g/mol. The quantitative estimate of drug-likeness (QED) is 0.843. The lowest BCUT2D eigenvalue weighted by molar-refractivity contribution is 0.0951. The Morgan fingerprint density at radius 2 is 2.04 bits per heavy atom. The number of likely N-dealkylation sites (tertiary alicyclic amines) is 1. The number of thiophene rings is 1. The first kappa shape index (κ1) is 17.1. The number of amides is 3. The fraction of sp³-hybridized carbons (Fsp3) is 0.400. The van der Waals surface area contributed by atoms with Crippen molar-refractivity contribution in [1.29, 1.82) is 0 Å². The van der Waals surface area contributed by atoms with E-state index in [0.29, 0.717) is 17.3 Å². The molecule has 136 valence electrons. The lowest BCUT2D eigenvalue weighted by Gasteiger charge is -2.25. The van der Waals surface area contributed by atoms with Gasteiger partial charge in [0.15, 0.2) is 0 Å². The first-order valence-corrected chi connectivity index (χ1v) is 10.1. The molecule has 2 aromatic rings. The van der Waals surface area contributed by atoms with Crippen LogP contribution in [0.1, 0.15) is 53.2 Å². The van der Waals surface area contributed by atoms with Crippen molar-refractivity contribution in [2.45, 2.75) is 44.7 Å². The Labute approximate surface area is 157 Å². The van der Waals surface area contributed by atoms with Crippen molar-refractivity contribution >= 4 is 29.0 Å². The number of benzene rings is 1. The van der Waals surface area contributed by atoms with Crippen molar-refractivity contribution < 1.29 is 9.59 Å². The largest absolute Gasteiger partial charge is 0.349 e. The SMILES string of the molecule is Cc1ccc(C(=O)NC2CC2)cc1NC(=O)N1CCCC1c1ccsc1. The summed E-state index contributed by atoms with van der Waals surface area (Å²) in [6.07, 6.45) is 4.12. The first-order chi connectivity index (χ1) is 12.6.